The first-order valence-electron chi connectivity index (χ1n) is 7.60. The van der Waals surface area contributed by atoms with Gasteiger partial charge in [-0.25, -0.2) is 19.9 Å². The van der Waals surface area contributed by atoms with Gasteiger partial charge in [0.1, 0.15) is 11.5 Å². The number of halogens is 1. The molecule has 0 radical (unpaired) electrons. The normalized spacial score (nSPS) is 9.07. The molecule has 136 valence electrons. The zero-order valence-electron chi connectivity index (χ0n) is 14.0. The minimum Gasteiger partial charge on any atom is -0.506 e. The van der Waals surface area contributed by atoms with Gasteiger partial charge >= 0.3 is 6.01 Å². The van der Waals surface area contributed by atoms with Crippen molar-refractivity contribution >= 4 is 15.9 Å². The van der Waals surface area contributed by atoms with Gasteiger partial charge in [-0.15, -0.1) is 0 Å². The van der Waals surface area contributed by atoms with Crippen LogP contribution in [0.25, 0.3) is 0 Å². The second-order valence-corrected chi connectivity index (χ2v) is 5.26. The van der Waals surface area contributed by atoms with Gasteiger partial charge in [-0.05, 0) is 52.3 Å². The van der Waals surface area contributed by atoms with Crippen molar-refractivity contribution in [3.63, 3.8) is 0 Å². The summed E-state index contributed by atoms with van der Waals surface area (Å²) in [5, 5.41) is 8.57. The first-order valence-corrected chi connectivity index (χ1v) is 8.40. The maximum atomic E-state index is 8.57. The van der Waals surface area contributed by atoms with Crippen molar-refractivity contribution in [1.82, 2.24) is 29.9 Å². The van der Waals surface area contributed by atoms with E-state index in [-0.39, 0.29) is 5.75 Å². The quantitative estimate of drug-likeness (QED) is 0.483. The maximum Gasteiger partial charge on any atom is 0.321 e. The van der Waals surface area contributed by atoms with Crippen LogP contribution in [0.15, 0.2) is 90.7 Å². The highest BCUT2D eigenvalue weighted by Crippen LogP contribution is 2.13. The molecular weight excluding hydrogens is 412 g/mol. The minimum atomic E-state index is 0.211. The van der Waals surface area contributed by atoms with Gasteiger partial charge in [0.05, 0.1) is 12.4 Å². The molecule has 4 heterocycles. The fourth-order valence-corrected chi connectivity index (χ4v) is 1.72. The Labute approximate surface area is 164 Å². The third kappa shape index (κ3) is 8.98. The van der Waals surface area contributed by atoms with E-state index in [1.54, 1.807) is 79.8 Å². The van der Waals surface area contributed by atoms with Gasteiger partial charge in [-0.3, -0.25) is 9.97 Å². The van der Waals surface area contributed by atoms with Crippen molar-refractivity contribution < 1.29 is 9.84 Å². The zero-order chi connectivity index (χ0) is 19.2. The SMILES string of the molecule is Brc1ncccn1.Oc1cccnc1.c1cnc(Oc2cccnc2)nc1. The van der Waals surface area contributed by atoms with E-state index < -0.39 is 0 Å². The molecule has 9 heteroatoms. The number of hydrogen-bond acceptors (Lipinski definition) is 8. The molecule has 8 nitrogen and oxygen atoms in total. The number of ether oxygens (including phenoxy) is 1. The molecule has 1 N–H and O–H groups in total. The van der Waals surface area contributed by atoms with Crippen LogP contribution in [0.1, 0.15) is 0 Å². The summed E-state index contributed by atoms with van der Waals surface area (Å²) in [5.41, 5.74) is 0. The summed E-state index contributed by atoms with van der Waals surface area (Å²) in [6.45, 7) is 0. The van der Waals surface area contributed by atoms with Crippen LogP contribution < -0.4 is 4.74 Å². The molecule has 0 unspecified atom stereocenters. The van der Waals surface area contributed by atoms with Crippen LogP contribution in [-0.2, 0) is 0 Å². The standard InChI is InChI=1S/C9H7N3O.C5H5NO.C4H3BrN2/c1-3-8(7-10-4-1)13-9-11-5-2-6-12-9;7-5-2-1-3-6-4-5;5-4-6-2-1-3-7-4/h1-7H;1-4,7H;1-3H. The molecule has 0 spiro atoms. The first kappa shape index (κ1) is 19.9. The summed E-state index contributed by atoms with van der Waals surface area (Å²) in [7, 11) is 0. The van der Waals surface area contributed by atoms with E-state index in [0.717, 1.165) is 0 Å². The molecular formula is C18H15BrN6O2. The molecule has 0 aliphatic heterocycles. The van der Waals surface area contributed by atoms with E-state index in [9.17, 15) is 0 Å². The molecule has 0 fully saturated rings. The van der Waals surface area contributed by atoms with Gasteiger partial charge in [0.25, 0.3) is 0 Å². The van der Waals surface area contributed by atoms with E-state index in [4.69, 9.17) is 9.84 Å². The summed E-state index contributed by atoms with van der Waals surface area (Å²) in [6.07, 6.45) is 12.9. The molecule has 0 saturated carbocycles. The summed E-state index contributed by atoms with van der Waals surface area (Å²) in [5.74, 6) is 0.844. The van der Waals surface area contributed by atoms with Crippen molar-refractivity contribution in [2.45, 2.75) is 0 Å². The predicted molar refractivity (Wildman–Crippen MR) is 102 cm³/mol. The Bertz CT molecular complexity index is 796. The number of pyridine rings is 2. The molecule has 27 heavy (non-hydrogen) atoms. The monoisotopic (exact) mass is 426 g/mol. The lowest BCUT2D eigenvalue weighted by Crippen LogP contribution is -1.89. The number of nitrogens with zero attached hydrogens (tertiary/aromatic N) is 6. The molecule has 0 saturated heterocycles. The lowest BCUT2D eigenvalue weighted by molar-refractivity contribution is 0.440. The third-order valence-corrected chi connectivity index (χ3v) is 2.98. The second kappa shape index (κ2) is 12.0. The Morgan fingerprint density at radius 1 is 0.704 bits per heavy atom. The average molecular weight is 427 g/mol. The Hall–Kier alpha value is -3.46. The molecule has 4 aromatic heterocycles. The molecule has 4 aromatic rings. The van der Waals surface area contributed by atoms with E-state index in [1.165, 1.54) is 6.20 Å². The lowest BCUT2D eigenvalue weighted by atomic mass is 10.5. The van der Waals surface area contributed by atoms with Gasteiger partial charge in [-0.2, -0.15) is 0 Å². The van der Waals surface area contributed by atoms with Crippen molar-refractivity contribution in [1.29, 1.82) is 0 Å². The predicted octanol–water partition coefficient (Wildman–Crippen LogP) is 3.69. The van der Waals surface area contributed by atoms with E-state index in [0.29, 0.717) is 16.5 Å². The van der Waals surface area contributed by atoms with Crippen LogP contribution in [0, 0.1) is 0 Å². The lowest BCUT2D eigenvalue weighted by Gasteiger charge is -2.00. The average Bonchev–Trinajstić information content (AvgIpc) is 2.72. The van der Waals surface area contributed by atoms with Crippen LogP contribution in [0.5, 0.6) is 17.5 Å². The van der Waals surface area contributed by atoms with Crippen molar-refractivity contribution in [2.75, 3.05) is 0 Å². The van der Waals surface area contributed by atoms with E-state index >= 15 is 0 Å². The Morgan fingerprint density at radius 3 is 1.70 bits per heavy atom. The Morgan fingerprint density at radius 2 is 1.30 bits per heavy atom. The highest BCUT2D eigenvalue weighted by atomic mass is 79.9. The molecule has 4 rings (SSSR count). The minimum absolute atomic E-state index is 0.211. The van der Waals surface area contributed by atoms with Crippen LogP contribution >= 0.6 is 15.9 Å². The largest absolute Gasteiger partial charge is 0.506 e. The van der Waals surface area contributed by atoms with Gasteiger partial charge < -0.3 is 9.84 Å². The second-order valence-electron chi connectivity index (χ2n) is 4.55. The van der Waals surface area contributed by atoms with Gasteiger partial charge in [0.2, 0.25) is 0 Å². The third-order valence-electron chi connectivity index (χ3n) is 2.57. The smallest absolute Gasteiger partial charge is 0.321 e. The first-order chi connectivity index (χ1) is 13.2. The Kier molecular flexibility index (Phi) is 8.82. The van der Waals surface area contributed by atoms with Crippen molar-refractivity contribution in [3.8, 4) is 17.5 Å². The molecule has 0 bridgehead atoms. The van der Waals surface area contributed by atoms with Crippen LogP contribution in [0.3, 0.4) is 0 Å². The number of aromatic nitrogens is 6. The summed E-state index contributed by atoms with van der Waals surface area (Å²) in [6, 6.07) is 10.7. The van der Waals surface area contributed by atoms with Crippen molar-refractivity contribution in [3.05, 3.63) is 90.7 Å². The summed E-state index contributed by atoms with van der Waals surface area (Å²) < 4.78 is 5.93. The Balaban J connectivity index is 0.000000159. The van der Waals surface area contributed by atoms with Gasteiger partial charge in [0, 0.05) is 37.2 Å². The summed E-state index contributed by atoms with van der Waals surface area (Å²) >= 11 is 3.09. The van der Waals surface area contributed by atoms with E-state index in [2.05, 4.69) is 45.8 Å². The number of rotatable bonds is 2. The fraction of sp³-hybridized carbons (Fsp3) is 0. The van der Waals surface area contributed by atoms with E-state index in [1.807, 2.05) is 0 Å². The van der Waals surface area contributed by atoms with Gasteiger partial charge in [0.15, 0.2) is 4.73 Å². The molecule has 0 aliphatic carbocycles. The molecule has 0 aromatic carbocycles. The van der Waals surface area contributed by atoms with Gasteiger partial charge in [-0.1, -0.05) is 0 Å². The van der Waals surface area contributed by atoms with Crippen LogP contribution in [-0.4, -0.2) is 35.0 Å². The number of hydrogen-bond donors (Lipinski definition) is 1. The topological polar surface area (TPSA) is 107 Å². The molecule has 0 aliphatic rings. The van der Waals surface area contributed by atoms with Crippen molar-refractivity contribution in [2.24, 2.45) is 0 Å². The van der Waals surface area contributed by atoms with Crippen LogP contribution in [0.4, 0.5) is 0 Å². The maximum absolute atomic E-state index is 8.57. The molecule has 0 atom stereocenters. The number of aromatic hydroxyl groups is 1. The van der Waals surface area contributed by atoms with Crippen LogP contribution in [0.2, 0.25) is 0 Å². The highest BCUT2D eigenvalue weighted by molar-refractivity contribution is 9.10. The zero-order valence-corrected chi connectivity index (χ0v) is 15.6. The fourth-order valence-electron chi connectivity index (χ4n) is 1.49. The molecule has 0 amide bonds. The summed E-state index contributed by atoms with van der Waals surface area (Å²) in [4.78, 5) is 22.9. The highest BCUT2D eigenvalue weighted by Gasteiger charge is 1.96.